The van der Waals surface area contributed by atoms with Crippen LogP contribution in [0, 0.1) is 0 Å². The molecule has 2 atom stereocenters. The minimum atomic E-state index is -4.53. The van der Waals surface area contributed by atoms with Gasteiger partial charge in [-0.05, 0) is 31.0 Å². The third kappa shape index (κ3) is 3.86. The lowest BCUT2D eigenvalue weighted by Crippen LogP contribution is -2.19. The van der Waals surface area contributed by atoms with Crippen molar-refractivity contribution in [2.45, 2.75) is 31.3 Å². The zero-order valence-electron chi connectivity index (χ0n) is 15.0. The summed E-state index contributed by atoms with van der Waals surface area (Å²) >= 11 is 0. The molecule has 29 heavy (non-hydrogen) atoms. The van der Waals surface area contributed by atoms with Crippen LogP contribution in [0.5, 0.6) is 0 Å². The van der Waals surface area contributed by atoms with E-state index < -0.39 is 23.8 Å². The summed E-state index contributed by atoms with van der Waals surface area (Å²) in [6.07, 6.45) is -1.19. The number of nitrogens with zero attached hydrogens (tertiary/aromatic N) is 4. The molecule has 1 aromatic carbocycles. The summed E-state index contributed by atoms with van der Waals surface area (Å²) in [7, 11) is 0. The Hall–Kier alpha value is -3.21. The van der Waals surface area contributed by atoms with Crippen molar-refractivity contribution in [3.05, 3.63) is 48.0 Å². The van der Waals surface area contributed by atoms with Gasteiger partial charge >= 0.3 is 12.1 Å². The van der Waals surface area contributed by atoms with Gasteiger partial charge in [0, 0.05) is 0 Å². The van der Waals surface area contributed by atoms with E-state index in [1.165, 1.54) is 18.5 Å². The molecule has 0 radical (unpaired) electrons. The van der Waals surface area contributed by atoms with Crippen molar-refractivity contribution in [2.24, 2.45) is 0 Å². The molecule has 1 fully saturated rings. The molecule has 2 N–H and O–H groups in total. The first-order valence-electron chi connectivity index (χ1n) is 8.76. The van der Waals surface area contributed by atoms with Gasteiger partial charge in [-0.3, -0.25) is 4.57 Å². The summed E-state index contributed by atoms with van der Waals surface area (Å²) in [5.74, 6) is -0.574. The number of hydrogen-bond acceptors (Lipinski definition) is 7. The molecule has 0 spiro atoms. The number of halogens is 3. The van der Waals surface area contributed by atoms with Crippen molar-refractivity contribution in [1.29, 1.82) is 0 Å². The van der Waals surface area contributed by atoms with Crippen molar-refractivity contribution in [1.82, 2.24) is 19.5 Å². The summed E-state index contributed by atoms with van der Waals surface area (Å²) in [4.78, 5) is 24.3. The summed E-state index contributed by atoms with van der Waals surface area (Å²) in [6.45, 7) is -0.0741. The Morgan fingerprint density at radius 3 is 2.90 bits per heavy atom. The molecule has 0 aliphatic carbocycles. The highest BCUT2D eigenvalue weighted by Crippen LogP contribution is 2.32. The maximum atomic E-state index is 12.8. The van der Waals surface area contributed by atoms with Crippen LogP contribution >= 0.6 is 0 Å². The average Bonchev–Trinajstić information content (AvgIpc) is 3.33. The van der Waals surface area contributed by atoms with Crippen molar-refractivity contribution in [2.75, 3.05) is 12.3 Å². The van der Waals surface area contributed by atoms with Crippen LogP contribution in [0.15, 0.2) is 36.9 Å². The number of ether oxygens (including phenoxy) is 2. The Bertz CT molecular complexity index is 1050. The van der Waals surface area contributed by atoms with Crippen LogP contribution in [0.2, 0.25) is 0 Å². The van der Waals surface area contributed by atoms with Crippen molar-refractivity contribution >= 4 is 23.0 Å². The summed E-state index contributed by atoms with van der Waals surface area (Å²) in [5.41, 5.74) is 5.70. The molecule has 1 aliphatic rings. The first kappa shape index (κ1) is 19.1. The van der Waals surface area contributed by atoms with Crippen LogP contribution in [0.1, 0.15) is 35.0 Å². The Morgan fingerprint density at radius 1 is 1.28 bits per heavy atom. The quantitative estimate of drug-likeness (QED) is 0.663. The monoisotopic (exact) mass is 407 g/mol. The third-order valence-electron chi connectivity index (χ3n) is 4.61. The van der Waals surface area contributed by atoms with Gasteiger partial charge in [0.25, 0.3) is 0 Å². The molecule has 3 aromatic rings. The Balaban J connectivity index is 1.38. The van der Waals surface area contributed by atoms with Crippen molar-refractivity contribution in [3.8, 4) is 0 Å². The maximum Gasteiger partial charge on any atom is 0.416 e. The van der Waals surface area contributed by atoms with E-state index in [1.54, 1.807) is 10.9 Å². The molecule has 152 valence electrons. The second kappa shape index (κ2) is 7.32. The summed E-state index contributed by atoms with van der Waals surface area (Å²) < 4.78 is 51.1. The molecule has 1 saturated heterocycles. The van der Waals surface area contributed by atoms with Crippen LogP contribution in [-0.4, -0.2) is 38.2 Å². The van der Waals surface area contributed by atoms with E-state index in [0.717, 1.165) is 12.1 Å². The molecule has 8 nitrogen and oxygen atoms in total. The van der Waals surface area contributed by atoms with Gasteiger partial charge in [0.1, 0.15) is 24.7 Å². The zero-order chi connectivity index (χ0) is 20.6. The number of nitrogens with two attached hydrogens (primary N) is 1. The van der Waals surface area contributed by atoms with Gasteiger partial charge in [0.05, 0.1) is 23.6 Å². The average molecular weight is 407 g/mol. The zero-order valence-corrected chi connectivity index (χ0v) is 15.0. The normalized spacial score (nSPS) is 19.6. The highest BCUT2D eigenvalue weighted by atomic mass is 19.4. The van der Waals surface area contributed by atoms with Crippen LogP contribution in [-0.2, 0) is 15.7 Å². The van der Waals surface area contributed by atoms with E-state index in [0.29, 0.717) is 24.0 Å². The molecule has 0 saturated carbocycles. The van der Waals surface area contributed by atoms with Crippen LogP contribution in [0.25, 0.3) is 11.2 Å². The number of aromatic nitrogens is 4. The van der Waals surface area contributed by atoms with Crippen LogP contribution in [0.3, 0.4) is 0 Å². The molecular weight excluding hydrogens is 391 g/mol. The highest BCUT2D eigenvalue weighted by Gasteiger charge is 2.32. The molecule has 1 aliphatic heterocycles. The van der Waals surface area contributed by atoms with Gasteiger partial charge in [-0.15, -0.1) is 0 Å². The van der Waals surface area contributed by atoms with Gasteiger partial charge in [-0.25, -0.2) is 19.7 Å². The van der Waals surface area contributed by atoms with Gasteiger partial charge in [0.2, 0.25) is 0 Å². The lowest BCUT2D eigenvalue weighted by molar-refractivity contribution is -0.137. The topological polar surface area (TPSA) is 105 Å². The van der Waals surface area contributed by atoms with Crippen LogP contribution in [0.4, 0.5) is 19.0 Å². The molecule has 0 unspecified atom stereocenters. The second-order valence-corrected chi connectivity index (χ2v) is 6.55. The van der Waals surface area contributed by atoms with Crippen molar-refractivity contribution < 1.29 is 27.4 Å². The minimum absolute atomic E-state index is 0.0741. The van der Waals surface area contributed by atoms with Gasteiger partial charge in [-0.1, -0.05) is 6.07 Å². The van der Waals surface area contributed by atoms with E-state index in [9.17, 15) is 18.0 Å². The van der Waals surface area contributed by atoms with Gasteiger partial charge in [0.15, 0.2) is 11.5 Å². The summed E-state index contributed by atoms with van der Waals surface area (Å²) in [6, 6.07) is 4.10. The summed E-state index contributed by atoms with van der Waals surface area (Å²) in [5, 5.41) is 0. The molecule has 11 heteroatoms. The largest absolute Gasteiger partial charge is 0.459 e. The highest BCUT2D eigenvalue weighted by molar-refractivity contribution is 5.89. The van der Waals surface area contributed by atoms with Gasteiger partial charge < -0.3 is 15.2 Å². The smallest absolute Gasteiger partial charge is 0.416 e. The Kier molecular flexibility index (Phi) is 4.82. The van der Waals surface area contributed by atoms with E-state index in [2.05, 4.69) is 15.0 Å². The van der Waals surface area contributed by atoms with Crippen LogP contribution < -0.4 is 5.73 Å². The Labute approximate surface area is 162 Å². The Morgan fingerprint density at radius 2 is 2.10 bits per heavy atom. The number of alkyl halides is 3. The second-order valence-electron chi connectivity index (χ2n) is 6.55. The number of nitrogen functional groups attached to an aromatic ring is 1. The van der Waals surface area contributed by atoms with E-state index in [-0.39, 0.29) is 24.2 Å². The molecule has 0 amide bonds. The van der Waals surface area contributed by atoms with E-state index >= 15 is 0 Å². The third-order valence-corrected chi connectivity index (χ3v) is 4.61. The lowest BCUT2D eigenvalue weighted by atomic mass is 10.1. The number of anilines is 1. The predicted octanol–water partition coefficient (Wildman–Crippen LogP) is 2.96. The molecule has 0 bridgehead atoms. The first-order chi connectivity index (χ1) is 13.8. The van der Waals surface area contributed by atoms with Gasteiger partial charge in [-0.2, -0.15) is 13.2 Å². The number of benzene rings is 1. The van der Waals surface area contributed by atoms with E-state index in [4.69, 9.17) is 15.2 Å². The number of hydrogen-bond donors (Lipinski definition) is 1. The number of esters is 1. The lowest BCUT2D eigenvalue weighted by Gasteiger charge is -2.15. The van der Waals surface area contributed by atoms with E-state index in [1.807, 2.05) is 0 Å². The molecule has 3 heterocycles. The number of imidazole rings is 1. The first-order valence-corrected chi connectivity index (χ1v) is 8.76. The van der Waals surface area contributed by atoms with Crippen molar-refractivity contribution in [3.63, 3.8) is 0 Å². The standard InChI is InChI=1S/C18H16F3N5O3/c19-18(20,21)11-3-1-2-10(6-11)17(27)28-7-12-4-5-13(29-12)26-9-25-14-15(22)23-8-24-16(14)26/h1-3,6,8-9,12-13H,4-5,7H2,(H2,22,23,24)/t12-,13+/m0/s1. The number of carbonyl (C=O) groups excluding carboxylic acids is 1. The predicted molar refractivity (Wildman–Crippen MR) is 94.6 cm³/mol. The fourth-order valence-corrected chi connectivity index (χ4v) is 3.17. The fourth-order valence-electron chi connectivity index (χ4n) is 3.17. The number of carbonyl (C=O) groups is 1. The number of fused-ring (bicyclic) bond motifs is 1. The molecule has 4 rings (SSSR count). The maximum absolute atomic E-state index is 12.8. The molecule has 2 aromatic heterocycles. The fraction of sp³-hybridized carbons (Fsp3) is 0.333. The molecular formula is C18H16F3N5O3. The number of rotatable bonds is 4. The SMILES string of the molecule is Nc1ncnc2c1ncn2[C@H]1CC[C@@H](COC(=O)c2cccc(C(F)(F)F)c2)O1. The minimum Gasteiger partial charge on any atom is -0.459 e.